The SMILES string of the molecule is Cc1cc(C)c(C2(O)c3ccc4c(c3-c3sc5ccccc5c32)-c2sc3ccccc3c2C4(O)c2c(C)cc(C)cc2C)c(C)c1. The summed E-state index contributed by atoms with van der Waals surface area (Å²) in [6.45, 7) is 12.7. The smallest absolute Gasteiger partial charge is 0.143 e. The van der Waals surface area contributed by atoms with Gasteiger partial charge >= 0.3 is 0 Å². The van der Waals surface area contributed by atoms with Crippen molar-refractivity contribution in [3.05, 3.63) is 152 Å². The Morgan fingerprint density at radius 1 is 0.457 bits per heavy atom. The Balaban J connectivity index is 1.48. The molecule has 4 heteroatoms. The lowest BCUT2D eigenvalue weighted by atomic mass is 9.76. The first-order chi connectivity index (χ1) is 22.0. The van der Waals surface area contributed by atoms with E-state index in [1.807, 2.05) is 0 Å². The third-order valence-electron chi connectivity index (χ3n) is 10.4. The van der Waals surface area contributed by atoms with E-state index in [1.165, 1.54) is 11.1 Å². The van der Waals surface area contributed by atoms with E-state index in [1.54, 1.807) is 22.7 Å². The first kappa shape index (κ1) is 28.2. The molecule has 2 atom stereocenters. The van der Waals surface area contributed by atoms with Gasteiger partial charge in [-0.2, -0.15) is 0 Å². The maximum absolute atomic E-state index is 13.4. The predicted octanol–water partition coefficient (Wildman–Crippen LogP) is 10.5. The Morgan fingerprint density at radius 3 is 1.17 bits per heavy atom. The highest BCUT2D eigenvalue weighted by atomic mass is 32.1. The fourth-order valence-electron chi connectivity index (χ4n) is 9.13. The first-order valence-electron chi connectivity index (χ1n) is 15.9. The van der Waals surface area contributed by atoms with Crippen molar-refractivity contribution in [2.24, 2.45) is 0 Å². The molecule has 0 saturated carbocycles. The van der Waals surface area contributed by atoms with Gasteiger partial charge in [0.2, 0.25) is 0 Å². The minimum absolute atomic E-state index is 0.901. The van der Waals surface area contributed by atoms with Crippen LogP contribution in [0.3, 0.4) is 0 Å². The zero-order valence-corrected chi connectivity index (χ0v) is 28.4. The van der Waals surface area contributed by atoms with Crippen molar-refractivity contribution in [1.82, 2.24) is 0 Å². The van der Waals surface area contributed by atoms with Crippen LogP contribution in [0.5, 0.6) is 0 Å². The highest BCUT2D eigenvalue weighted by molar-refractivity contribution is 7.23. The van der Waals surface area contributed by atoms with Crippen LogP contribution >= 0.6 is 22.7 Å². The van der Waals surface area contributed by atoms with Crippen LogP contribution in [0, 0.1) is 41.5 Å². The Bertz CT molecular complexity index is 2260. The predicted molar refractivity (Wildman–Crippen MR) is 194 cm³/mol. The summed E-state index contributed by atoms with van der Waals surface area (Å²) in [6.07, 6.45) is 0. The maximum atomic E-state index is 13.4. The van der Waals surface area contributed by atoms with Crippen LogP contribution in [0.2, 0.25) is 0 Å². The second kappa shape index (κ2) is 9.27. The molecule has 0 bridgehead atoms. The lowest BCUT2D eigenvalue weighted by Crippen LogP contribution is -2.30. The normalized spacial score (nSPS) is 19.5. The molecule has 0 aliphatic heterocycles. The fraction of sp³-hybridized carbons (Fsp3) is 0.190. The molecule has 2 aliphatic carbocycles. The van der Waals surface area contributed by atoms with E-state index in [0.717, 1.165) is 96.7 Å². The summed E-state index contributed by atoms with van der Waals surface area (Å²) in [5, 5.41) is 29.1. The molecule has 7 aromatic rings. The Hall–Kier alpha value is -4.06. The van der Waals surface area contributed by atoms with Gasteiger partial charge in [0, 0.05) is 52.5 Å². The molecule has 2 aliphatic rings. The van der Waals surface area contributed by atoms with E-state index in [4.69, 9.17) is 0 Å². The van der Waals surface area contributed by atoms with Crippen LogP contribution < -0.4 is 0 Å². The highest BCUT2D eigenvalue weighted by Gasteiger charge is 2.54. The summed E-state index contributed by atoms with van der Waals surface area (Å²) in [6, 6.07) is 29.9. The number of hydrogen-bond donors (Lipinski definition) is 2. The minimum Gasteiger partial charge on any atom is -0.376 e. The van der Waals surface area contributed by atoms with Gasteiger partial charge in [-0.15, -0.1) is 22.7 Å². The molecule has 0 amide bonds. The minimum atomic E-state index is -1.34. The van der Waals surface area contributed by atoms with Crippen LogP contribution in [0.25, 0.3) is 41.1 Å². The highest BCUT2D eigenvalue weighted by Crippen LogP contribution is 2.66. The van der Waals surface area contributed by atoms with Gasteiger partial charge in [-0.25, -0.2) is 0 Å². The van der Waals surface area contributed by atoms with E-state index in [2.05, 4.69) is 126 Å². The molecule has 46 heavy (non-hydrogen) atoms. The van der Waals surface area contributed by atoms with Crippen LogP contribution in [0.4, 0.5) is 0 Å². The molecule has 2 unspecified atom stereocenters. The zero-order valence-electron chi connectivity index (χ0n) is 26.8. The molecule has 0 spiro atoms. The largest absolute Gasteiger partial charge is 0.376 e. The zero-order chi connectivity index (χ0) is 31.9. The van der Waals surface area contributed by atoms with Gasteiger partial charge in [-0.1, -0.05) is 83.9 Å². The van der Waals surface area contributed by atoms with Gasteiger partial charge in [-0.3, -0.25) is 0 Å². The van der Waals surface area contributed by atoms with Crippen LogP contribution in [0.1, 0.15) is 66.8 Å². The third kappa shape index (κ3) is 3.33. The number of thiophene rings is 2. The number of aliphatic hydroxyl groups is 2. The average Bonchev–Trinajstić information content (AvgIpc) is 3.70. The number of rotatable bonds is 2. The van der Waals surface area contributed by atoms with Crippen LogP contribution in [-0.4, -0.2) is 10.2 Å². The van der Waals surface area contributed by atoms with Crippen molar-refractivity contribution in [1.29, 1.82) is 0 Å². The second-order valence-corrected chi connectivity index (χ2v) is 15.6. The molecule has 2 heterocycles. The van der Waals surface area contributed by atoms with E-state index in [-0.39, 0.29) is 0 Å². The molecule has 2 nitrogen and oxygen atoms in total. The Labute approximate surface area is 277 Å². The lowest BCUT2D eigenvalue weighted by Gasteiger charge is -2.32. The Kier molecular flexibility index (Phi) is 5.68. The molecular weight excluding hydrogens is 601 g/mol. The van der Waals surface area contributed by atoms with Gasteiger partial charge in [0.1, 0.15) is 11.2 Å². The summed E-state index contributed by atoms with van der Waals surface area (Å²) in [7, 11) is 0. The number of benzene rings is 5. The molecule has 2 aromatic heterocycles. The van der Waals surface area contributed by atoms with Crippen molar-refractivity contribution in [3.63, 3.8) is 0 Å². The van der Waals surface area contributed by atoms with E-state index >= 15 is 0 Å². The van der Waals surface area contributed by atoms with Gasteiger partial charge in [-0.05, 0) is 97.8 Å². The van der Waals surface area contributed by atoms with Crippen molar-refractivity contribution in [2.75, 3.05) is 0 Å². The van der Waals surface area contributed by atoms with Gasteiger partial charge in [0.15, 0.2) is 0 Å². The van der Waals surface area contributed by atoms with Crippen molar-refractivity contribution in [2.45, 2.75) is 52.7 Å². The van der Waals surface area contributed by atoms with E-state index in [9.17, 15) is 10.2 Å². The Morgan fingerprint density at radius 2 is 0.804 bits per heavy atom. The summed E-state index contributed by atoms with van der Waals surface area (Å²) >= 11 is 3.51. The van der Waals surface area contributed by atoms with E-state index < -0.39 is 11.2 Å². The lowest BCUT2D eigenvalue weighted by molar-refractivity contribution is 0.128. The van der Waals surface area contributed by atoms with Crippen LogP contribution in [-0.2, 0) is 11.2 Å². The van der Waals surface area contributed by atoms with Crippen LogP contribution in [0.15, 0.2) is 84.9 Å². The molecule has 0 fully saturated rings. The molecule has 0 radical (unpaired) electrons. The summed E-state index contributed by atoms with van der Waals surface area (Å²) in [5.74, 6) is 0. The molecule has 9 rings (SSSR count). The van der Waals surface area contributed by atoms with Gasteiger partial charge in [0.25, 0.3) is 0 Å². The maximum Gasteiger partial charge on any atom is 0.143 e. The van der Waals surface area contributed by atoms with Crippen molar-refractivity contribution < 1.29 is 10.2 Å². The third-order valence-corrected chi connectivity index (χ3v) is 12.8. The summed E-state index contributed by atoms with van der Waals surface area (Å²) in [4.78, 5) is 2.19. The summed E-state index contributed by atoms with van der Waals surface area (Å²) < 4.78 is 2.32. The number of fused-ring (bicyclic) bond motifs is 11. The van der Waals surface area contributed by atoms with Crippen molar-refractivity contribution >= 4 is 42.8 Å². The van der Waals surface area contributed by atoms with Gasteiger partial charge in [0.05, 0.1) is 0 Å². The molecule has 2 N–H and O–H groups in total. The van der Waals surface area contributed by atoms with E-state index in [0.29, 0.717) is 0 Å². The topological polar surface area (TPSA) is 40.5 Å². The number of aryl methyl sites for hydroxylation is 6. The van der Waals surface area contributed by atoms with Gasteiger partial charge < -0.3 is 10.2 Å². The molecule has 0 saturated heterocycles. The quantitative estimate of drug-likeness (QED) is 0.199. The van der Waals surface area contributed by atoms with Crippen molar-refractivity contribution in [3.8, 4) is 20.9 Å². The standard InChI is InChI=1S/C42H34O2S2/c1-21-17-23(3)35(24(4)18-21)41(43)29-15-16-30-34(33(29)39-37(41)27-11-7-9-13-31(27)45-39)40-38(28-12-8-10-14-32(28)46-40)42(30,44)36-25(5)19-22(2)20-26(36)6/h7-20,43-44H,1-6H3. The average molecular weight is 635 g/mol. The fourth-order valence-corrected chi connectivity index (χ4v) is 11.8. The second-order valence-electron chi connectivity index (χ2n) is 13.5. The first-order valence-corrected chi connectivity index (χ1v) is 17.5. The number of hydrogen-bond acceptors (Lipinski definition) is 4. The summed E-state index contributed by atoms with van der Waals surface area (Å²) in [5.41, 5.74) is 11.8. The molecule has 226 valence electrons. The monoisotopic (exact) mass is 634 g/mol. The molecule has 5 aromatic carbocycles. The molecular formula is C42H34O2S2.